The van der Waals surface area contributed by atoms with E-state index in [9.17, 15) is 0 Å². The van der Waals surface area contributed by atoms with Gasteiger partial charge in [0.25, 0.3) is 0 Å². The summed E-state index contributed by atoms with van der Waals surface area (Å²) in [6.07, 6.45) is 3.58. The van der Waals surface area contributed by atoms with E-state index in [0.717, 1.165) is 6.42 Å². The van der Waals surface area contributed by atoms with Crippen molar-refractivity contribution in [3.05, 3.63) is 75.5 Å². The van der Waals surface area contributed by atoms with Gasteiger partial charge >= 0.3 is 175 Å². The minimum Gasteiger partial charge on any atom is -1.00 e. The third-order valence-corrected chi connectivity index (χ3v) is 8.68. The van der Waals surface area contributed by atoms with Crippen LogP contribution in [0.15, 0.2) is 54.0 Å². The fourth-order valence-corrected chi connectivity index (χ4v) is 7.20. The zero-order chi connectivity index (χ0) is 16.9. The van der Waals surface area contributed by atoms with Gasteiger partial charge < -0.3 is 24.8 Å². The summed E-state index contributed by atoms with van der Waals surface area (Å²) in [5.41, 5.74) is 7.24. The van der Waals surface area contributed by atoms with Gasteiger partial charge in [-0.3, -0.25) is 0 Å². The zero-order valence-corrected chi connectivity index (χ0v) is 20.7. The van der Waals surface area contributed by atoms with E-state index in [0.29, 0.717) is 6.04 Å². The molecule has 0 radical (unpaired) electrons. The van der Waals surface area contributed by atoms with E-state index >= 15 is 0 Å². The molecule has 1 nitrogen and oxygen atoms in total. The number of nitrogens with zero attached hydrogens (tertiary/aromatic N) is 1. The number of anilines is 1. The molecule has 6 rings (SSSR count). The van der Waals surface area contributed by atoms with Crippen molar-refractivity contribution in [2.24, 2.45) is 0 Å². The van der Waals surface area contributed by atoms with E-state index in [1.807, 2.05) is 11.8 Å². The van der Waals surface area contributed by atoms with Gasteiger partial charge in [0.1, 0.15) is 0 Å². The van der Waals surface area contributed by atoms with Gasteiger partial charge in [-0.15, -0.1) is 0 Å². The summed E-state index contributed by atoms with van der Waals surface area (Å²) in [5.74, 6) is 0. The van der Waals surface area contributed by atoms with E-state index in [4.69, 9.17) is 0 Å². The molecule has 2 heterocycles. The number of thioether (sulfide) groups is 1. The van der Waals surface area contributed by atoms with E-state index in [1.54, 1.807) is 43.4 Å². The van der Waals surface area contributed by atoms with Crippen LogP contribution in [-0.4, -0.2) is 13.1 Å². The van der Waals surface area contributed by atoms with Gasteiger partial charge in [0.2, 0.25) is 0 Å². The van der Waals surface area contributed by atoms with Crippen molar-refractivity contribution >= 4 is 50.6 Å². The van der Waals surface area contributed by atoms with Crippen molar-refractivity contribution in [1.29, 1.82) is 0 Å². The number of fused-ring (bicyclic) bond motifs is 5. The van der Waals surface area contributed by atoms with E-state index < -0.39 is 0 Å². The maximum atomic E-state index is 3.76. The molecule has 1 saturated heterocycles. The van der Waals surface area contributed by atoms with Gasteiger partial charge in [0.05, 0.1) is 0 Å². The van der Waals surface area contributed by atoms with Crippen LogP contribution in [0.3, 0.4) is 0 Å². The van der Waals surface area contributed by atoms with Crippen LogP contribution in [0.2, 0.25) is 0 Å². The standard InChI is InChI=1S/C21H13BrNS.2ClH.Zr/c1-23-16-5-3-2-4-14(16)20-17(23)9-11-8-12(22)10-15(19(11)20)13-6-7-18-21(13)24-18;;;/h2-5,8-10,17H,6H2,1H3;2*1H;/q;;;+2/p-2. The van der Waals surface area contributed by atoms with E-state index in [1.165, 1.54) is 37.3 Å². The quantitative estimate of drug-likeness (QED) is 0.373. The predicted octanol–water partition coefficient (Wildman–Crippen LogP) is -2.11. The monoisotopic (exact) mass is 550 g/mol. The zero-order valence-electron chi connectivity index (χ0n) is 14.3. The molecule has 2 aliphatic heterocycles. The van der Waals surface area contributed by atoms with Crippen molar-refractivity contribution < 1.29 is 49.5 Å². The molecule has 2 aromatic carbocycles. The van der Waals surface area contributed by atoms with Crippen molar-refractivity contribution in [3.8, 4) is 0 Å². The topological polar surface area (TPSA) is 3.24 Å². The summed E-state index contributed by atoms with van der Waals surface area (Å²) >= 11 is 7.32. The Kier molecular flexibility index (Phi) is 5.14. The molecule has 0 N–H and O–H groups in total. The Morgan fingerprint density at radius 1 is 1.11 bits per heavy atom. The molecule has 4 aliphatic rings. The number of hydrogen-bond acceptors (Lipinski definition) is 2. The molecule has 2 aromatic rings. The van der Waals surface area contributed by atoms with Crippen LogP contribution in [0.25, 0.3) is 17.2 Å². The summed E-state index contributed by atoms with van der Waals surface area (Å²) in [7, 11) is 2.22. The molecule has 27 heavy (non-hydrogen) atoms. The van der Waals surface area contributed by atoms with Crippen LogP contribution >= 0.6 is 27.7 Å². The van der Waals surface area contributed by atoms with Crippen LogP contribution < -0.4 is 40.2 Å². The molecular weight excluding hydrogens is 540 g/mol. The fraction of sp³-hybridized carbons (Fsp3) is 0.143. The molecule has 0 spiro atoms. The molecule has 6 heteroatoms. The number of hydrogen-bond donors (Lipinski definition) is 0. The minimum atomic E-state index is 0. The predicted molar refractivity (Wildman–Crippen MR) is 105 cm³/mol. The second-order valence-corrected chi connectivity index (χ2v) is 10.4. The maximum Gasteiger partial charge on any atom is -1.00 e. The average molecular weight is 553 g/mol. The first-order chi connectivity index (χ1) is 12.1. The van der Waals surface area contributed by atoms with Gasteiger partial charge in [-0.25, -0.2) is 0 Å². The van der Waals surface area contributed by atoms with Gasteiger partial charge in [0.15, 0.2) is 0 Å². The minimum absolute atomic E-state index is 0. The second kappa shape index (κ2) is 6.92. The summed E-state index contributed by atoms with van der Waals surface area (Å²) < 4.78 is 2.81. The molecule has 1 atom stereocenters. The Hall–Kier alpha value is -0.247. The molecule has 133 valence electrons. The summed E-state index contributed by atoms with van der Waals surface area (Å²) in [4.78, 5) is 5.55. The van der Waals surface area contributed by atoms with E-state index in [-0.39, 0.29) is 24.8 Å². The number of para-hydroxylation sites is 1. The Morgan fingerprint density at radius 3 is 2.59 bits per heavy atom. The van der Waals surface area contributed by atoms with Crippen molar-refractivity contribution in [3.63, 3.8) is 0 Å². The summed E-state index contributed by atoms with van der Waals surface area (Å²) in [6, 6.07) is 13.8. The van der Waals surface area contributed by atoms with Gasteiger partial charge in [-0.1, -0.05) is 0 Å². The molecule has 2 aliphatic carbocycles. The van der Waals surface area contributed by atoms with Crippen LogP contribution in [0.5, 0.6) is 0 Å². The molecule has 0 saturated carbocycles. The molecule has 0 bridgehead atoms. The van der Waals surface area contributed by atoms with Gasteiger partial charge in [-0.2, -0.15) is 0 Å². The second-order valence-electron chi connectivity index (χ2n) is 6.97. The first kappa shape index (κ1) is 20.0. The van der Waals surface area contributed by atoms with Crippen LogP contribution in [-0.2, 0) is 24.7 Å². The maximum absolute atomic E-state index is 3.76. The van der Waals surface area contributed by atoms with Gasteiger partial charge in [-0.05, 0) is 0 Å². The number of likely N-dealkylation sites (N-methyl/N-ethyl adjacent to an activating group) is 1. The molecule has 1 fully saturated rings. The Morgan fingerprint density at radius 2 is 1.89 bits per heavy atom. The van der Waals surface area contributed by atoms with Crippen LogP contribution in [0.4, 0.5) is 5.69 Å². The Balaban J connectivity index is 0.000000900. The first-order valence-corrected chi connectivity index (χ1v) is 11.2. The number of benzene rings is 2. The molecule has 0 aromatic heterocycles. The number of allylic oxidation sites excluding steroid dienone is 2. The van der Waals surface area contributed by atoms with Crippen molar-refractivity contribution in [2.45, 2.75) is 12.5 Å². The van der Waals surface area contributed by atoms with E-state index in [2.05, 4.69) is 70.4 Å². The Labute approximate surface area is 198 Å². The number of halogens is 3. The van der Waals surface area contributed by atoms with Crippen molar-refractivity contribution in [2.75, 3.05) is 11.9 Å². The normalized spacial score (nSPS) is 20.5. The van der Waals surface area contributed by atoms with Crippen LogP contribution in [0.1, 0.15) is 17.5 Å². The number of rotatable bonds is 1. The Bertz CT molecular complexity index is 1200. The first-order valence-electron chi connectivity index (χ1n) is 8.38. The summed E-state index contributed by atoms with van der Waals surface area (Å²) in [5, 5.41) is 2.84. The molecule has 1 unspecified atom stereocenters. The average Bonchev–Trinajstić information content (AvgIpc) is 3.12. The molecular formula is C21H13BrCl2NSZr. The summed E-state index contributed by atoms with van der Waals surface area (Å²) in [6.45, 7) is 0. The van der Waals surface area contributed by atoms with Crippen LogP contribution in [0, 0.1) is 0 Å². The smallest absolute Gasteiger partial charge is 1.00 e. The fourth-order valence-electron chi connectivity index (χ4n) is 4.49. The molecule has 0 amide bonds. The van der Waals surface area contributed by atoms with Crippen molar-refractivity contribution in [1.82, 2.24) is 0 Å². The largest absolute Gasteiger partial charge is 1.00 e. The SMILES string of the molecule is CN1c2ccccc2C2=c3c(C4=C5SC5=[C]([Zr+2])C4)cc(Br)cc3=CC21.[Cl-].[Cl-]. The third-order valence-electron chi connectivity index (χ3n) is 5.62. The third kappa shape index (κ3) is 2.75. The van der Waals surface area contributed by atoms with Gasteiger partial charge in [0, 0.05) is 0 Å².